The van der Waals surface area contributed by atoms with E-state index < -0.39 is 0 Å². The maximum atomic E-state index is 11.8. The van der Waals surface area contributed by atoms with E-state index in [1.54, 1.807) is 22.8 Å². The van der Waals surface area contributed by atoms with Gasteiger partial charge in [-0.25, -0.2) is 0 Å². The van der Waals surface area contributed by atoms with Crippen molar-refractivity contribution in [1.82, 2.24) is 4.57 Å². The highest BCUT2D eigenvalue weighted by Gasteiger charge is 2.03. The second-order valence-electron chi connectivity index (χ2n) is 5.32. The van der Waals surface area contributed by atoms with E-state index in [2.05, 4.69) is 19.9 Å². The molecular weight excluding hydrogens is 248 g/mol. The molecule has 0 atom stereocenters. The Labute approximate surface area is 119 Å². The van der Waals surface area contributed by atoms with Crippen LogP contribution in [0, 0.1) is 17.2 Å². The Kier molecular flexibility index (Phi) is 4.37. The fourth-order valence-corrected chi connectivity index (χ4v) is 2.01. The number of nitrogens with zero attached hydrogens (tertiary/aromatic N) is 2. The maximum Gasteiger partial charge on any atom is 0.250 e. The van der Waals surface area contributed by atoms with Gasteiger partial charge in [0.25, 0.3) is 5.56 Å². The van der Waals surface area contributed by atoms with Crippen LogP contribution < -0.4 is 5.56 Å². The molecule has 0 aliphatic carbocycles. The van der Waals surface area contributed by atoms with Gasteiger partial charge in [-0.15, -0.1) is 0 Å². The topological polar surface area (TPSA) is 45.8 Å². The van der Waals surface area contributed by atoms with Crippen molar-refractivity contribution >= 4 is 0 Å². The first-order valence-corrected chi connectivity index (χ1v) is 6.81. The molecule has 0 bridgehead atoms. The molecule has 3 nitrogen and oxygen atoms in total. The highest BCUT2D eigenvalue weighted by atomic mass is 16.1. The van der Waals surface area contributed by atoms with Crippen LogP contribution in [0.4, 0.5) is 0 Å². The fourth-order valence-electron chi connectivity index (χ4n) is 2.01. The molecule has 0 aliphatic heterocycles. The smallest absolute Gasteiger partial charge is 0.250 e. The van der Waals surface area contributed by atoms with Gasteiger partial charge in [0.05, 0.1) is 11.6 Å². The summed E-state index contributed by atoms with van der Waals surface area (Å²) < 4.78 is 1.76. The Bertz CT molecular complexity index is 675. The second kappa shape index (κ2) is 6.21. The van der Waals surface area contributed by atoms with Gasteiger partial charge in [-0.3, -0.25) is 4.79 Å². The van der Waals surface area contributed by atoms with E-state index in [0.717, 1.165) is 24.1 Å². The average molecular weight is 266 g/mol. The summed E-state index contributed by atoms with van der Waals surface area (Å²) in [6.07, 6.45) is 2.88. The largest absolute Gasteiger partial charge is 0.315 e. The van der Waals surface area contributed by atoms with Gasteiger partial charge in [0.15, 0.2) is 0 Å². The number of hydrogen-bond donors (Lipinski definition) is 0. The summed E-state index contributed by atoms with van der Waals surface area (Å²) in [4.78, 5) is 11.8. The Morgan fingerprint density at radius 3 is 2.35 bits per heavy atom. The van der Waals surface area contributed by atoms with Crippen LogP contribution in [0.3, 0.4) is 0 Å². The lowest BCUT2D eigenvalue weighted by Gasteiger charge is -2.10. The quantitative estimate of drug-likeness (QED) is 0.851. The van der Waals surface area contributed by atoms with E-state index in [9.17, 15) is 4.79 Å². The minimum atomic E-state index is 0.0306. The number of hydrogen-bond acceptors (Lipinski definition) is 2. The molecule has 1 heterocycles. The standard InChI is InChI=1S/C17H18N2O/c1-13(2)9-10-19-12-16(7-8-17(19)20)15-5-3-14(11-18)4-6-15/h3-8,12-13H,9-10H2,1-2H3. The third-order valence-corrected chi connectivity index (χ3v) is 3.28. The first-order chi connectivity index (χ1) is 9.60. The predicted octanol–water partition coefficient (Wildman–Crippen LogP) is 3.43. The summed E-state index contributed by atoms with van der Waals surface area (Å²) in [5, 5.41) is 8.81. The number of benzene rings is 1. The zero-order valence-electron chi connectivity index (χ0n) is 11.8. The second-order valence-corrected chi connectivity index (χ2v) is 5.32. The van der Waals surface area contributed by atoms with Crippen molar-refractivity contribution in [3.63, 3.8) is 0 Å². The van der Waals surface area contributed by atoms with Crippen LogP contribution in [-0.4, -0.2) is 4.57 Å². The van der Waals surface area contributed by atoms with E-state index in [0.29, 0.717) is 11.5 Å². The molecule has 2 rings (SSSR count). The van der Waals surface area contributed by atoms with Gasteiger partial charge in [-0.05, 0) is 41.7 Å². The Balaban J connectivity index is 2.30. The molecule has 0 aliphatic rings. The zero-order chi connectivity index (χ0) is 14.5. The molecule has 20 heavy (non-hydrogen) atoms. The number of rotatable bonds is 4. The number of aromatic nitrogens is 1. The summed E-state index contributed by atoms with van der Waals surface area (Å²) in [5.41, 5.74) is 2.69. The molecule has 0 saturated carbocycles. The summed E-state index contributed by atoms with van der Waals surface area (Å²) in [6.45, 7) is 5.03. The minimum absolute atomic E-state index is 0.0306. The molecule has 0 saturated heterocycles. The molecule has 2 aromatic rings. The average Bonchev–Trinajstić information content (AvgIpc) is 2.46. The van der Waals surface area contributed by atoms with Gasteiger partial charge in [-0.2, -0.15) is 5.26 Å². The lowest BCUT2D eigenvalue weighted by Crippen LogP contribution is -2.19. The zero-order valence-corrected chi connectivity index (χ0v) is 11.8. The Morgan fingerprint density at radius 2 is 1.75 bits per heavy atom. The Hall–Kier alpha value is -2.34. The highest BCUT2D eigenvalue weighted by molar-refractivity contribution is 5.63. The summed E-state index contributed by atoms with van der Waals surface area (Å²) >= 11 is 0. The van der Waals surface area contributed by atoms with Crippen molar-refractivity contribution in [3.8, 4) is 17.2 Å². The molecule has 1 aromatic carbocycles. The molecule has 102 valence electrons. The van der Waals surface area contributed by atoms with Crippen LogP contribution in [0.2, 0.25) is 0 Å². The van der Waals surface area contributed by atoms with Crippen LogP contribution in [0.1, 0.15) is 25.8 Å². The molecule has 1 aromatic heterocycles. The normalized spacial score (nSPS) is 10.5. The van der Waals surface area contributed by atoms with Crippen LogP contribution >= 0.6 is 0 Å². The lowest BCUT2D eigenvalue weighted by atomic mass is 10.1. The van der Waals surface area contributed by atoms with E-state index >= 15 is 0 Å². The molecule has 0 fully saturated rings. The van der Waals surface area contributed by atoms with E-state index in [1.165, 1.54) is 0 Å². The fraction of sp³-hybridized carbons (Fsp3) is 0.294. The number of aryl methyl sites for hydroxylation is 1. The van der Waals surface area contributed by atoms with E-state index in [-0.39, 0.29) is 5.56 Å². The maximum absolute atomic E-state index is 11.8. The first-order valence-electron chi connectivity index (χ1n) is 6.81. The van der Waals surface area contributed by atoms with Gasteiger partial charge >= 0.3 is 0 Å². The monoisotopic (exact) mass is 266 g/mol. The van der Waals surface area contributed by atoms with Crippen LogP contribution in [0.15, 0.2) is 47.4 Å². The third-order valence-electron chi connectivity index (χ3n) is 3.28. The minimum Gasteiger partial charge on any atom is -0.315 e. The van der Waals surface area contributed by atoms with Gasteiger partial charge in [0.1, 0.15) is 0 Å². The molecular formula is C17H18N2O. The van der Waals surface area contributed by atoms with Crippen LogP contribution in [0.5, 0.6) is 0 Å². The molecule has 0 N–H and O–H groups in total. The lowest BCUT2D eigenvalue weighted by molar-refractivity contribution is 0.508. The van der Waals surface area contributed by atoms with Crippen molar-refractivity contribution in [2.24, 2.45) is 5.92 Å². The number of nitriles is 1. The van der Waals surface area contributed by atoms with Crippen molar-refractivity contribution in [3.05, 3.63) is 58.5 Å². The summed E-state index contributed by atoms with van der Waals surface area (Å²) in [6, 6.07) is 12.9. The van der Waals surface area contributed by atoms with Crippen molar-refractivity contribution in [2.75, 3.05) is 0 Å². The van der Waals surface area contributed by atoms with Crippen LogP contribution in [-0.2, 0) is 6.54 Å². The van der Waals surface area contributed by atoms with Gasteiger partial charge < -0.3 is 4.57 Å². The Morgan fingerprint density at radius 1 is 1.10 bits per heavy atom. The van der Waals surface area contributed by atoms with Crippen molar-refractivity contribution < 1.29 is 0 Å². The third kappa shape index (κ3) is 3.36. The molecule has 0 amide bonds. The van der Waals surface area contributed by atoms with Crippen LogP contribution in [0.25, 0.3) is 11.1 Å². The van der Waals surface area contributed by atoms with Gasteiger partial charge in [0, 0.05) is 18.8 Å². The van der Waals surface area contributed by atoms with Gasteiger partial charge in [-0.1, -0.05) is 26.0 Å². The first kappa shape index (κ1) is 14.1. The van der Waals surface area contributed by atoms with E-state index in [1.807, 2.05) is 24.4 Å². The van der Waals surface area contributed by atoms with Crippen molar-refractivity contribution in [2.45, 2.75) is 26.8 Å². The summed E-state index contributed by atoms with van der Waals surface area (Å²) in [5.74, 6) is 0.570. The number of pyridine rings is 1. The predicted molar refractivity (Wildman–Crippen MR) is 80.3 cm³/mol. The molecule has 0 spiro atoms. The molecule has 3 heteroatoms. The highest BCUT2D eigenvalue weighted by Crippen LogP contribution is 2.18. The molecule has 0 unspecified atom stereocenters. The molecule has 0 radical (unpaired) electrons. The van der Waals surface area contributed by atoms with Crippen molar-refractivity contribution in [1.29, 1.82) is 5.26 Å². The van der Waals surface area contributed by atoms with Gasteiger partial charge in [0.2, 0.25) is 0 Å². The van der Waals surface area contributed by atoms with E-state index in [4.69, 9.17) is 5.26 Å². The SMILES string of the molecule is CC(C)CCn1cc(-c2ccc(C#N)cc2)ccc1=O. The summed E-state index contributed by atoms with van der Waals surface area (Å²) in [7, 11) is 0.